The monoisotopic (exact) mass is 319 g/mol. The molecule has 0 saturated carbocycles. The molecule has 9 nitrogen and oxygen atoms in total. The molecular weight excluding hydrogens is 308 g/mol. The predicted molar refractivity (Wildman–Crippen MR) is 59.2 cm³/mol. The van der Waals surface area contributed by atoms with Crippen molar-refractivity contribution in [1.29, 1.82) is 0 Å². The van der Waals surface area contributed by atoms with Crippen molar-refractivity contribution in [2.75, 3.05) is 20.6 Å². The number of sulfonamides is 1. The minimum absolute atomic E-state index is 0.323. The van der Waals surface area contributed by atoms with Gasteiger partial charge in [0.1, 0.15) is 6.33 Å². The highest BCUT2D eigenvalue weighted by molar-refractivity contribution is 7.89. The molecule has 1 heterocycles. The Balaban J connectivity index is 3.04. The number of aromatic nitrogens is 3. The van der Waals surface area contributed by atoms with Gasteiger partial charge in [-0.15, -0.1) is 9.19 Å². The van der Waals surface area contributed by atoms with Crippen molar-refractivity contribution in [2.24, 2.45) is 0 Å². The minimum Gasteiger partial charge on any atom is -0.209 e. The molecule has 0 bridgehead atoms. The van der Waals surface area contributed by atoms with Crippen molar-refractivity contribution in [2.45, 2.75) is 11.6 Å². The fraction of sp³-hybridized carbons (Fsp3) is 0.667. The normalized spacial score (nSPS) is 13.4. The number of nitrogens with one attached hydrogen (secondary N) is 1. The van der Waals surface area contributed by atoms with E-state index in [0.717, 1.165) is 4.31 Å². The van der Waals surface area contributed by atoms with Gasteiger partial charge in [0.05, 0.1) is 6.54 Å². The summed E-state index contributed by atoms with van der Waals surface area (Å²) in [5, 5.41) is 2.33. The zero-order valence-electron chi connectivity index (χ0n) is 9.86. The van der Waals surface area contributed by atoms with Gasteiger partial charge < -0.3 is 0 Å². The Kier molecular flexibility index (Phi) is 4.54. The third-order valence-electron chi connectivity index (χ3n) is 1.82. The van der Waals surface area contributed by atoms with E-state index in [4.69, 9.17) is 0 Å². The largest absolute Gasteiger partial charge is 0.323 e. The molecule has 0 aliphatic carbocycles. The van der Waals surface area contributed by atoms with E-state index >= 15 is 0 Å². The van der Waals surface area contributed by atoms with Gasteiger partial charge in [-0.25, -0.2) is 26.9 Å². The molecule has 0 aliphatic rings. The summed E-state index contributed by atoms with van der Waals surface area (Å²) < 4.78 is 72.6. The summed E-state index contributed by atoms with van der Waals surface area (Å²) in [6.45, 7) is -1.11. The van der Waals surface area contributed by atoms with Gasteiger partial charge in [0.2, 0.25) is 0 Å². The van der Waals surface area contributed by atoms with Gasteiger partial charge in [0, 0.05) is 14.1 Å². The maximum atomic E-state index is 11.9. The summed E-state index contributed by atoms with van der Waals surface area (Å²) in [6.07, 6.45) is -2.23. The van der Waals surface area contributed by atoms with Crippen LogP contribution in [0.5, 0.6) is 0 Å². The maximum absolute atomic E-state index is 11.9. The molecule has 1 N–H and O–H groups in total. The summed E-state index contributed by atoms with van der Waals surface area (Å²) in [6, 6.07) is 0. The van der Waals surface area contributed by atoms with Crippen LogP contribution in [0.1, 0.15) is 0 Å². The second-order valence-corrected chi connectivity index (χ2v) is 7.09. The standard InChI is InChI=1S/C6H11F2N5O4S2/c1-12(2)19(16,17)13-4-9-6(11-13)18(14,15)10-3-5(7)8/h4-5,10H,3H2,1-2H3. The van der Waals surface area contributed by atoms with E-state index in [1.807, 2.05) is 0 Å². The van der Waals surface area contributed by atoms with E-state index < -0.39 is 38.4 Å². The molecule has 110 valence electrons. The minimum atomic E-state index is -4.38. The zero-order chi connectivity index (χ0) is 14.8. The van der Waals surface area contributed by atoms with Crippen LogP contribution in [0.25, 0.3) is 0 Å². The Hall–Kier alpha value is -1.18. The second kappa shape index (κ2) is 5.44. The molecule has 0 aromatic carbocycles. The van der Waals surface area contributed by atoms with Gasteiger partial charge in [-0.2, -0.15) is 12.7 Å². The third kappa shape index (κ3) is 3.65. The molecule has 0 radical (unpaired) electrons. The van der Waals surface area contributed by atoms with Gasteiger partial charge in [0.25, 0.3) is 21.6 Å². The van der Waals surface area contributed by atoms with Crippen molar-refractivity contribution < 1.29 is 25.6 Å². The molecule has 0 amide bonds. The van der Waals surface area contributed by atoms with Crippen LogP contribution >= 0.6 is 0 Å². The molecule has 1 aromatic rings. The van der Waals surface area contributed by atoms with Crippen molar-refractivity contribution in [3.8, 4) is 0 Å². The van der Waals surface area contributed by atoms with Crippen LogP contribution in [0.4, 0.5) is 8.78 Å². The summed E-state index contributed by atoms with van der Waals surface area (Å²) in [4.78, 5) is 3.27. The number of rotatable bonds is 6. The van der Waals surface area contributed by atoms with Crippen molar-refractivity contribution in [3.05, 3.63) is 6.33 Å². The Bertz CT molecular complexity index is 638. The van der Waals surface area contributed by atoms with E-state index in [0.29, 0.717) is 10.4 Å². The van der Waals surface area contributed by atoms with Crippen molar-refractivity contribution in [1.82, 2.24) is 23.2 Å². The lowest BCUT2D eigenvalue weighted by Crippen LogP contribution is -2.31. The first kappa shape index (κ1) is 15.9. The Morgan fingerprint density at radius 2 is 1.95 bits per heavy atom. The lowest BCUT2D eigenvalue weighted by molar-refractivity contribution is 0.153. The van der Waals surface area contributed by atoms with E-state index in [1.54, 1.807) is 4.72 Å². The van der Waals surface area contributed by atoms with E-state index in [2.05, 4.69) is 10.1 Å². The molecule has 0 unspecified atom stereocenters. The number of halogens is 2. The average molecular weight is 319 g/mol. The molecule has 13 heteroatoms. The molecule has 0 saturated heterocycles. The highest BCUT2D eigenvalue weighted by Crippen LogP contribution is 2.05. The molecule has 0 spiro atoms. The van der Waals surface area contributed by atoms with Crippen LogP contribution in [0.15, 0.2) is 11.5 Å². The molecule has 0 fully saturated rings. The van der Waals surface area contributed by atoms with E-state index in [-0.39, 0.29) is 0 Å². The lowest BCUT2D eigenvalue weighted by Gasteiger charge is -2.09. The number of alkyl halides is 2. The fourth-order valence-electron chi connectivity index (χ4n) is 0.874. The first-order chi connectivity index (χ1) is 8.57. The Morgan fingerprint density at radius 1 is 1.37 bits per heavy atom. The van der Waals surface area contributed by atoms with Crippen LogP contribution in [-0.4, -0.2) is 62.4 Å². The molecule has 0 atom stereocenters. The Morgan fingerprint density at radius 3 is 2.42 bits per heavy atom. The SMILES string of the molecule is CN(C)S(=O)(=O)n1cnc(S(=O)(=O)NCC(F)F)n1. The van der Waals surface area contributed by atoms with E-state index in [9.17, 15) is 25.6 Å². The first-order valence-corrected chi connectivity index (χ1v) is 7.58. The average Bonchev–Trinajstić information content (AvgIpc) is 2.76. The summed E-state index contributed by atoms with van der Waals surface area (Å²) in [5.41, 5.74) is 0. The molecular formula is C6H11F2N5O4S2. The van der Waals surface area contributed by atoms with Crippen LogP contribution < -0.4 is 4.72 Å². The molecule has 1 aromatic heterocycles. The first-order valence-electron chi connectivity index (χ1n) is 4.70. The fourth-order valence-corrected chi connectivity index (χ4v) is 2.46. The van der Waals surface area contributed by atoms with Gasteiger partial charge in [-0.1, -0.05) is 0 Å². The summed E-state index contributed by atoms with van der Waals surface area (Å²) in [5.74, 6) is 0. The van der Waals surface area contributed by atoms with Crippen molar-refractivity contribution >= 4 is 20.2 Å². The molecule has 0 aliphatic heterocycles. The number of hydrogen-bond donors (Lipinski definition) is 1. The summed E-state index contributed by atoms with van der Waals surface area (Å²) in [7, 11) is -5.97. The molecule has 19 heavy (non-hydrogen) atoms. The van der Waals surface area contributed by atoms with Gasteiger partial charge in [0.15, 0.2) is 0 Å². The quantitative estimate of drug-likeness (QED) is 0.681. The van der Waals surface area contributed by atoms with Gasteiger partial charge in [-0.3, -0.25) is 0 Å². The van der Waals surface area contributed by atoms with Crippen LogP contribution in [-0.2, 0) is 20.2 Å². The Labute approximate surface area is 108 Å². The van der Waals surface area contributed by atoms with Crippen LogP contribution in [0.2, 0.25) is 0 Å². The van der Waals surface area contributed by atoms with E-state index in [1.165, 1.54) is 14.1 Å². The summed E-state index contributed by atoms with van der Waals surface area (Å²) >= 11 is 0. The molecule has 1 rings (SSSR count). The highest BCUT2D eigenvalue weighted by Gasteiger charge is 2.25. The lowest BCUT2D eigenvalue weighted by atomic mass is 10.7. The second-order valence-electron chi connectivity index (χ2n) is 3.43. The van der Waals surface area contributed by atoms with Crippen LogP contribution in [0, 0.1) is 0 Å². The predicted octanol–water partition coefficient (Wildman–Crippen LogP) is -1.52. The third-order valence-corrected chi connectivity index (χ3v) is 4.60. The topological polar surface area (TPSA) is 114 Å². The van der Waals surface area contributed by atoms with Crippen LogP contribution in [0.3, 0.4) is 0 Å². The number of hydrogen-bond acceptors (Lipinski definition) is 6. The highest BCUT2D eigenvalue weighted by atomic mass is 32.2. The van der Waals surface area contributed by atoms with Gasteiger partial charge in [-0.05, 0) is 0 Å². The maximum Gasteiger partial charge on any atom is 0.323 e. The smallest absolute Gasteiger partial charge is 0.209 e. The number of nitrogens with zero attached hydrogens (tertiary/aromatic N) is 4. The van der Waals surface area contributed by atoms with Gasteiger partial charge >= 0.3 is 10.2 Å². The van der Waals surface area contributed by atoms with Crippen molar-refractivity contribution in [3.63, 3.8) is 0 Å². The zero-order valence-corrected chi connectivity index (χ0v) is 11.5.